The van der Waals surface area contributed by atoms with Gasteiger partial charge in [0.1, 0.15) is 0 Å². The van der Waals surface area contributed by atoms with E-state index in [9.17, 15) is 9.59 Å². The van der Waals surface area contributed by atoms with Gasteiger partial charge in [-0.05, 0) is 0 Å². The Hall–Kier alpha value is -1.18. The number of hydrogen-bond donors (Lipinski definition) is 4. The molecule has 0 heterocycles. The summed E-state index contributed by atoms with van der Waals surface area (Å²) in [5.74, 6) is 2.46. The molecule has 6 N–H and O–H groups in total. The van der Waals surface area contributed by atoms with Crippen LogP contribution in [0.4, 0.5) is 0 Å². The molecule has 0 aliphatic heterocycles. The highest BCUT2D eigenvalue weighted by Crippen LogP contribution is 1.67. The summed E-state index contributed by atoms with van der Waals surface area (Å²) in [5.41, 5.74) is 4.85. The molecule has 7 nitrogen and oxygen atoms in total. The van der Waals surface area contributed by atoms with Crippen LogP contribution in [-0.4, -0.2) is 35.3 Å². The maximum Gasteiger partial charge on any atom is 0.331 e. The van der Waals surface area contributed by atoms with Crippen LogP contribution in [0.2, 0.25) is 0 Å². The predicted molar refractivity (Wildman–Crippen MR) is 39.1 cm³/mol. The summed E-state index contributed by atoms with van der Waals surface area (Å²) in [5, 5.41) is 15.5. The van der Waals surface area contributed by atoms with Crippen molar-refractivity contribution in [3.05, 3.63) is 0 Å². The fourth-order valence-corrected chi connectivity index (χ4v) is 0.195. The van der Waals surface area contributed by atoms with Gasteiger partial charge in [0.15, 0.2) is 6.61 Å². The van der Waals surface area contributed by atoms with Crippen molar-refractivity contribution in [2.24, 2.45) is 11.6 Å². The van der Waals surface area contributed by atoms with Crippen molar-refractivity contribution in [2.75, 3.05) is 13.2 Å². The largest absolute Gasteiger partial charge is 0.481 e. The Morgan fingerprint density at radius 1 is 1.25 bits per heavy atom. The van der Waals surface area contributed by atoms with Gasteiger partial charge in [0, 0.05) is 6.54 Å². The topological polar surface area (TPSA) is 136 Å². The molecule has 0 radical (unpaired) electrons. The molecular formula is C5H12N2O5. The van der Waals surface area contributed by atoms with Gasteiger partial charge >= 0.3 is 11.9 Å². The lowest BCUT2D eigenvalue weighted by atomic mass is 10.5. The first-order valence-electron chi connectivity index (χ1n) is 3.00. The van der Waals surface area contributed by atoms with E-state index in [1.165, 1.54) is 0 Å². The number of nitrogens with two attached hydrogens (primary N) is 2. The second-order valence-electron chi connectivity index (χ2n) is 1.64. The molecule has 0 saturated heterocycles. The molecular weight excluding hydrogens is 168 g/mol. The van der Waals surface area contributed by atoms with E-state index in [-0.39, 0.29) is 13.0 Å². The van der Waals surface area contributed by atoms with E-state index in [2.05, 4.69) is 10.7 Å². The van der Waals surface area contributed by atoms with Crippen LogP contribution >= 0.6 is 0 Å². The average Bonchev–Trinajstić information content (AvgIpc) is 1.87. The smallest absolute Gasteiger partial charge is 0.331 e. The summed E-state index contributed by atoms with van der Waals surface area (Å²) in [7, 11) is 0. The number of carboxylic acids is 2. The van der Waals surface area contributed by atoms with Crippen LogP contribution in [-0.2, 0) is 14.4 Å². The molecule has 0 unspecified atom stereocenters. The molecule has 0 amide bonds. The van der Waals surface area contributed by atoms with Gasteiger partial charge in [-0.1, -0.05) is 0 Å². The van der Waals surface area contributed by atoms with Crippen LogP contribution in [0, 0.1) is 0 Å². The van der Waals surface area contributed by atoms with Crippen LogP contribution < -0.4 is 11.6 Å². The number of carbonyl (C=O) groups is 2. The molecule has 0 rings (SSSR count). The number of carboxylic acid groups (broad SMARTS) is 2. The standard InChI is InChI=1S/C3H7NO2.C2H5NO3/c4-2-1-3(5)6;3-6-1-2(4)5/h1-2,4H2,(H,5,6);1,3H2,(H,4,5). The van der Waals surface area contributed by atoms with Gasteiger partial charge in [-0.2, -0.15) is 0 Å². The van der Waals surface area contributed by atoms with Gasteiger partial charge in [0.05, 0.1) is 6.42 Å². The van der Waals surface area contributed by atoms with E-state index in [1.54, 1.807) is 0 Å². The van der Waals surface area contributed by atoms with E-state index < -0.39 is 18.5 Å². The van der Waals surface area contributed by atoms with Crippen molar-refractivity contribution < 1.29 is 24.6 Å². The van der Waals surface area contributed by atoms with Crippen molar-refractivity contribution in [3.63, 3.8) is 0 Å². The summed E-state index contributed by atoms with van der Waals surface area (Å²) >= 11 is 0. The van der Waals surface area contributed by atoms with E-state index in [4.69, 9.17) is 15.9 Å². The Balaban J connectivity index is 0. The Morgan fingerprint density at radius 3 is 1.75 bits per heavy atom. The van der Waals surface area contributed by atoms with Crippen LogP contribution in [0.5, 0.6) is 0 Å². The lowest BCUT2D eigenvalue weighted by Gasteiger charge is -1.83. The number of rotatable bonds is 4. The molecule has 0 aromatic rings. The Bertz CT molecular complexity index is 122. The Labute approximate surface area is 68.9 Å². The Morgan fingerprint density at radius 2 is 1.75 bits per heavy atom. The van der Waals surface area contributed by atoms with Crippen molar-refractivity contribution in [3.8, 4) is 0 Å². The zero-order valence-electron chi connectivity index (χ0n) is 6.40. The van der Waals surface area contributed by atoms with Gasteiger partial charge in [-0.25, -0.2) is 10.7 Å². The molecule has 0 fully saturated rings. The third kappa shape index (κ3) is 23.2. The monoisotopic (exact) mass is 180 g/mol. The summed E-state index contributed by atoms with van der Waals surface area (Å²) in [6, 6.07) is 0. The lowest BCUT2D eigenvalue weighted by Crippen LogP contribution is -2.10. The summed E-state index contributed by atoms with van der Waals surface area (Å²) in [6.07, 6.45) is 0.0694. The first-order chi connectivity index (χ1) is 5.54. The first kappa shape index (κ1) is 13.4. The van der Waals surface area contributed by atoms with Gasteiger partial charge < -0.3 is 15.9 Å². The number of hydrogen-bond acceptors (Lipinski definition) is 5. The highest BCUT2D eigenvalue weighted by atomic mass is 16.6. The highest BCUT2D eigenvalue weighted by molar-refractivity contribution is 5.67. The van der Waals surface area contributed by atoms with Gasteiger partial charge in [-0.15, -0.1) is 0 Å². The molecule has 0 aliphatic carbocycles. The van der Waals surface area contributed by atoms with Crippen LogP contribution in [0.3, 0.4) is 0 Å². The van der Waals surface area contributed by atoms with Gasteiger partial charge in [0.2, 0.25) is 0 Å². The molecule has 0 saturated carbocycles. The van der Waals surface area contributed by atoms with E-state index in [1.807, 2.05) is 0 Å². The first-order valence-corrected chi connectivity index (χ1v) is 3.00. The second-order valence-corrected chi connectivity index (χ2v) is 1.64. The molecule has 0 bridgehead atoms. The maximum absolute atomic E-state index is 9.52. The second kappa shape index (κ2) is 9.82. The fourth-order valence-electron chi connectivity index (χ4n) is 0.195. The maximum atomic E-state index is 9.52. The zero-order chi connectivity index (χ0) is 9.98. The molecule has 72 valence electrons. The van der Waals surface area contributed by atoms with Crippen molar-refractivity contribution in [1.82, 2.24) is 0 Å². The molecule has 0 aromatic heterocycles. The Kier molecular flexibility index (Phi) is 11.0. The van der Waals surface area contributed by atoms with Crippen molar-refractivity contribution in [2.45, 2.75) is 6.42 Å². The van der Waals surface area contributed by atoms with Crippen LogP contribution in [0.25, 0.3) is 0 Å². The van der Waals surface area contributed by atoms with Crippen LogP contribution in [0.15, 0.2) is 0 Å². The number of aliphatic carboxylic acids is 2. The van der Waals surface area contributed by atoms with Gasteiger partial charge in [-0.3, -0.25) is 9.63 Å². The summed E-state index contributed by atoms with van der Waals surface area (Å²) in [4.78, 5) is 22.6. The minimum Gasteiger partial charge on any atom is -0.481 e. The SMILES string of the molecule is NCCC(=O)O.NOCC(=O)O. The zero-order valence-corrected chi connectivity index (χ0v) is 6.40. The van der Waals surface area contributed by atoms with Crippen molar-refractivity contribution >= 4 is 11.9 Å². The molecule has 0 spiro atoms. The van der Waals surface area contributed by atoms with Crippen molar-refractivity contribution in [1.29, 1.82) is 0 Å². The lowest BCUT2D eigenvalue weighted by molar-refractivity contribution is -0.142. The molecule has 0 aliphatic rings. The molecule has 7 heteroatoms. The third-order valence-electron chi connectivity index (χ3n) is 0.565. The minimum atomic E-state index is -1.06. The van der Waals surface area contributed by atoms with Crippen LogP contribution in [0.1, 0.15) is 6.42 Å². The molecule has 0 atom stereocenters. The third-order valence-corrected chi connectivity index (χ3v) is 0.565. The summed E-state index contributed by atoms with van der Waals surface area (Å²) in [6.45, 7) is -0.199. The van der Waals surface area contributed by atoms with E-state index in [0.29, 0.717) is 0 Å². The normalized spacial score (nSPS) is 8.17. The van der Waals surface area contributed by atoms with E-state index >= 15 is 0 Å². The fraction of sp³-hybridized carbons (Fsp3) is 0.600. The quantitative estimate of drug-likeness (QED) is 0.381. The molecule has 0 aromatic carbocycles. The summed E-state index contributed by atoms with van der Waals surface area (Å²) < 4.78 is 0. The molecule has 12 heavy (non-hydrogen) atoms. The highest BCUT2D eigenvalue weighted by Gasteiger charge is 1.88. The average molecular weight is 180 g/mol. The predicted octanol–water partition coefficient (Wildman–Crippen LogP) is -1.62. The van der Waals surface area contributed by atoms with E-state index in [0.717, 1.165) is 0 Å². The minimum absolute atomic E-state index is 0.0694. The van der Waals surface area contributed by atoms with Gasteiger partial charge in [0.25, 0.3) is 0 Å².